The summed E-state index contributed by atoms with van der Waals surface area (Å²) >= 11 is 0. The molecule has 3 aromatic rings. The lowest BCUT2D eigenvalue weighted by Gasteiger charge is -2.30. The maximum atomic E-state index is 13.6. The molecule has 0 saturated carbocycles. The van der Waals surface area contributed by atoms with Gasteiger partial charge < -0.3 is 9.64 Å². The fraction of sp³-hybridized carbons (Fsp3) is 0.423. The molecule has 0 bridgehead atoms. The first-order valence-electron chi connectivity index (χ1n) is 11.5. The molecule has 1 atom stereocenters. The molecule has 2 aromatic carbocycles. The van der Waals surface area contributed by atoms with Crippen LogP contribution in [0.3, 0.4) is 0 Å². The average molecular weight is 436 g/mol. The summed E-state index contributed by atoms with van der Waals surface area (Å²) in [6.45, 7) is 6.61. The van der Waals surface area contributed by atoms with Gasteiger partial charge in [-0.2, -0.15) is 0 Å². The minimum atomic E-state index is -0.374. The molecule has 1 unspecified atom stereocenters. The van der Waals surface area contributed by atoms with Gasteiger partial charge in [-0.05, 0) is 44.5 Å². The van der Waals surface area contributed by atoms with Crippen molar-refractivity contribution in [2.75, 3.05) is 13.7 Å². The largest absolute Gasteiger partial charge is 0.495 e. The van der Waals surface area contributed by atoms with E-state index in [1.807, 2.05) is 61.2 Å². The number of aromatic nitrogens is 2. The standard InChI is InChI=1S/C26H33N3O3/c1-5-7-8-9-18-24(30)28(6-2)19(3)25-27-21-15-11-10-14-20(21)26(31)29(25)22-16-12-13-17-23(22)32-4/h10-17,19H,5-9,18H2,1-4H3. The monoisotopic (exact) mass is 435 g/mol. The van der Waals surface area contributed by atoms with Crippen molar-refractivity contribution in [1.29, 1.82) is 0 Å². The minimum Gasteiger partial charge on any atom is -0.495 e. The van der Waals surface area contributed by atoms with E-state index < -0.39 is 0 Å². The van der Waals surface area contributed by atoms with E-state index in [4.69, 9.17) is 9.72 Å². The van der Waals surface area contributed by atoms with E-state index in [1.54, 1.807) is 17.7 Å². The lowest BCUT2D eigenvalue weighted by atomic mass is 10.1. The second-order valence-corrected chi connectivity index (χ2v) is 7.97. The van der Waals surface area contributed by atoms with Crippen LogP contribution in [0.4, 0.5) is 0 Å². The van der Waals surface area contributed by atoms with Crippen LogP contribution in [0.15, 0.2) is 53.3 Å². The molecular weight excluding hydrogens is 402 g/mol. The molecule has 0 aliphatic carbocycles. The first-order valence-corrected chi connectivity index (χ1v) is 11.5. The number of methoxy groups -OCH3 is 1. The second-order valence-electron chi connectivity index (χ2n) is 7.97. The van der Waals surface area contributed by atoms with Gasteiger partial charge in [0.15, 0.2) is 0 Å². The molecule has 0 spiro atoms. The molecular formula is C26H33N3O3. The van der Waals surface area contributed by atoms with Crippen molar-refractivity contribution < 1.29 is 9.53 Å². The van der Waals surface area contributed by atoms with Crippen molar-refractivity contribution in [3.8, 4) is 11.4 Å². The molecule has 170 valence electrons. The predicted molar refractivity (Wildman–Crippen MR) is 128 cm³/mol. The predicted octanol–water partition coefficient (Wildman–Crippen LogP) is 5.27. The number of carbonyl (C=O) groups is 1. The quantitative estimate of drug-likeness (QED) is 0.407. The van der Waals surface area contributed by atoms with Crippen LogP contribution in [0.1, 0.15) is 64.7 Å². The molecule has 0 saturated heterocycles. The molecule has 3 rings (SSSR count). The molecule has 0 radical (unpaired) electrons. The number of unbranched alkanes of at least 4 members (excludes halogenated alkanes) is 3. The Kier molecular flexibility index (Phi) is 8.03. The Labute approximate surface area is 189 Å². The number of fused-ring (bicyclic) bond motifs is 1. The van der Waals surface area contributed by atoms with Gasteiger partial charge in [-0.1, -0.05) is 50.5 Å². The number of ether oxygens (including phenoxy) is 1. The second kappa shape index (κ2) is 10.9. The van der Waals surface area contributed by atoms with Crippen molar-refractivity contribution in [1.82, 2.24) is 14.5 Å². The van der Waals surface area contributed by atoms with E-state index >= 15 is 0 Å². The summed E-state index contributed by atoms with van der Waals surface area (Å²) in [7, 11) is 1.58. The Balaban J connectivity index is 2.12. The Morgan fingerprint density at radius 1 is 1.06 bits per heavy atom. The van der Waals surface area contributed by atoms with Crippen LogP contribution in [0, 0.1) is 0 Å². The van der Waals surface area contributed by atoms with E-state index in [0.717, 1.165) is 25.7 Å². The fourth-order valence-electron chi connectivity index (χ4n) is 4.13. The highest BCUT2D eigenvalue weighted by molar-refractivity contribution is 5.79. The Bertz CT molecular complexity index is 1120. The van der Waals surface area contributed by atoms with Gasteiger partial charge in [-0.15, -0.1) is 0 Å². The van der Waals surface area contributed by atoms with Crippen LogP contribution in [0.25, 0.3) is 16.6 Å². The van der Waals surface area contributed by atoms with Crippen LogP contribution in [0.5, 0.6) is 5.75 Å². The molecule has 32 heavy (non-hydrogen) atoms. The van der Waals surface area contributed by atoms with Crippen molar-refractivity contribution in [3.05, 3.63) is 64.7 Å². The van der Waals surface area contributed by atoms with E-state index in [2.05, 4.69) is 6.92 Å². The number of carbonyl (C=O) groups excluding carboxylic acids is 1. The SMILES string of the molecule is CCCCCCC(=O)N(CC)C(C)c1nc2ccccc2c(=O)n1-c1ccccc1OC. The third-order valence-corrected chi connectivity index (χ3v) is 5.87. The molecule has 6 heteroatoms. The third-order valence-electron chi connectivity index (χ3n) is 5.87. The highest BCUT2D eigenvalue weighted by Crippen LogP contribution is 2.28. The lowest BCUT2D eigenvalue weighted by Crippen LogP contribution is -2.37. The number of benzene rings is 2. The van der Waals surface area contributed by atoms with Gasteiger partial charge in [-0.3, -0.25) is 14.2 Å². The summed E-state index contributed by atoms with van der Waals surface area (Å²) in [6, 6.07) is 14.3. The first-order chi connectivity index (χ1) is 15.5. The van der Waals surface area contributed by atoms with Gasteiger partial charge in [0, 0.05) is 13.0 Å². The fourth-order valence-corrected chi connectivity index (χ4v) is 4.13. The van der Waals surface area contributed by atoms with Crippen molar-refractivity contribution in [2.45, 2.75) is 58.9 Å². The number of amides is 1. The maximum absolute atomic E-state index is 13.6. The van der Waals surface area contributed by atoms with Crippen LogP contribution in [0.2, 0.25) is 0 Å². The van der Waals surface area contributed by atoms with Crippen molar-refractivity contribution in [2.24, 2.45) is 0 Å². The van der Waals surface area contributed by atoms with Crippen LogP contribution in [-0.2, 0) is 4.79 Å². The van der Waals surface area contributed by atoms with Gasteiger partial charge >= 0.3 is 0 Å². The van der Waals surface area contributed by atoms with Crippen molar-refractivity contribution >= 4 is 16.8 Å². The topological polar surface area (TPSA) is 64.4 Å². The van der Waals surface area contributed by atoms with Gasteiger partial charge in [0.1, 0.15) is 11.6 Å². The normalized spacial score (nSPS) is 12.0. The maximum Gasteiger partial charge on any atom is 0.266 e. The minimum absolute atomic E-state index is 0.0880. The molecule has 0 aliphatic rings. The van der Waals surface area contributed by atoms with Gasteiger partial charge in [0.2, 0.25) is 5.91 Å². The van der Waals surface area contributed by atoms with Crippen molar-refractivity contribution in [3.63, 3.8) is 0 Å². The van der Waals surface area contributed by atoms with Crippen LogP contribution < -0.4 is 10.3 Å². The number of hydrogen-bond acceptors (Lipinski definition) is 4. The zero-order valence-corrected chi connectivity index (χ0v) is 19.5. The summed E-state index contributed by atoms with van der Waals surface area (Å²) in [6.07, 6.45) is 4.70. The zero-order chi connectivity index (χ0) is 23.1. The van der Waals surface area contributed by atoms with Gasteiger partial charge in [0.25, 0.3) is 5.56 Å². The Morgan fingerprint density at radius 2 is 1.78 bits per heavy atom. The van der Waals surface area contributed by atoms with E-state index in [9.17, 15) is 9.59 Å². The summed E-state index contributed by atoms with van der Waals surface area (Å²) in [5, 5.41) is 0.531. The summed E-state index contributed by atoms with van der Waals surface area (Å²) < 4.78 is 7.14. The number of rotatable bonds is 10. The average Bonchev–Trinajstić information content (AvgIpc) is 2.82. The number of hydrogen-bond donors (Lipinski definition) is 0. The summed E-state index contributed by atoms with van der Waals surface area (Å²) in [5.41, 5.74) is 1.07. The summed E-state index contributed by atoms with van der Waals surface area (Å²) in [5.74, 6) is 1.20. The Hall–Kier alpha value is -3.15. The number of para-hydroxylation sites is 3. The van der Waals surface area contributed by atoms with E-state index in [0.29, 0.717) is 41.1 Å². The first kappa shape index (κ1) is 23.5. The van der Waals surface area contributed by atoms with E-state index in [1.165, 1.54) is 0 Å². The Morgan fingerprint density at radius 3 is 2.50 bits per heavy atom. The molecule has 0 aliphatic heterocycles. The lowest BCUT2D eigenvalue weighted by molar-refractivity contribution is -0.133. The summed E-state index contributed by atoms with van der Waals surface area (Å²) in [4.78, 5) is 33.3. The molecule has 1 amide bonds. The van der Waals surface area contributed by atoms with Gasteiger partial charge in [-0.25, -0.2) is 4.98 Å². The molecule has 0 fully saturated rings. The van der Waals surface area contributed by atoms with Gasteiger partial charge in [0.05, 0.1) is 29.7 Å². The smallest absolute Gasteiger partial charge is 0.266 e. The van der Waals surface area contributed by atoms with Crippen LogP contribution >= 0.6 is 0 Å². The van der Waals surface area contributed by atoms with Crippen LogP contribution in [-0.4, -0.2) is 34.0 Å². The number of nitrogens with zero attached hydrogens (tertiary/aromatic N) is 3. The molecule has 0 N–H and O–H groups in total. The van der Waals surface area contributed by atoms with E-state index in [-0.39, 0.29) is 17.5 Å². The highest BCUT2D eigenvalue weighted by Gasteiger charge is 2.26. The third kappa shape index (κ3) is 4.85. The highest BCUT2D eigenvalue weighted by atomic mass is 16.5. The molecule has 1 aromatic heterocycles. The zero-order valence-electron chi connectivity index (χ0n) is 19.5. The molecule has 1 heterocycles. The molecule has 6 nitrogen and oxygen atoms in total.